The first-order chi connectivity index (χ1) is 16.7. The van der Waals surface area contributed by atoms with E-state index in [4.69, 9.17) is 9.47 Å². The number of likely N-dealkylation sites (tertiary alicyclic amines) is 1. The van der Waals surface area contributed by atoms with Crippen LogP contribution in [0.5, 0.6) is 11.5 Å². The molecule has 0 radical (unpaired) electrons. The first-order valence-corrected chi connectivity index (χ1v) is 12.0. The highest BCUT2D eigenvalue weighted by molar-refractivity contribution is 6.46. The van der Waals surface area contributed by atoms with Gasteiger partial charge in [0.25, 0.3) is 11.7 Å². The van der Waals surface area contributed by atoms with Crippen molar-refractivity contribution in [2.75, 3.05) is 40.9 Å². The van der Waals surface area contributed by atoms with Crippen LogP contribution >= 0.6 is 0 Å². The molecule has 35 heavy (non-hydrogen) atoms. The van der Waals surface area contributed by atoms with Gasteiger partial charge in [-0.1, -0.05) is 32.9 Å². The molecule has 1 fully saturated rings. The quantitative estimate of drug-likeness (QED) is 0.304. The number of Topliss-reactive ketones (excluding diaryl/α,β-unsaturated/α-hetero) is 1. The molecule has 0 aromatic heterocycles. The van der Waals surface area contributed by atoms with E-state index in [1.807, 2.05) is 70.1 Å². The zero-order valence-corrected chi connectivity index (χ0v) is 21.5. The Morgan fingerprint density at radius 1 is 1.14 bits per heavy atom. The minimum absolute atomic E-state index is 0.0845. The fourth-order valence-electron chi connectivity index (χ4n) is 4.25. The molecule has 188 valence electrons. The van der Waals surface area contributed by atoms with Crippen LogP contribution in [0.3, 0.4) is 0 Å². The molecule has 1 aliphatic rings. The van der Waals surface area contributed by atoms with E-state index in [0.717, 1.165) is 17.5 Å². The molecule has 3 rings (SSSR count). The third-order valence-corrected chi connectivity index (χ3v) is 6.10. The lowest BCUT2D eigenvalue weighted by Gasteiger charge is -2.27. The molecule has 2 aromatic rings. The monoisotopic (exact) mass is 480 g/mol. The first-order valence-electron chi connectivity index (χ1n) is 12.0. The number of hydrogen-bond donors (Lipinski definition) is 1. The molecule has 7 nitrogen and oxygen atoms in total. The molecular formula is C28H36N2O5. The third kappa shape index (κ3) is 5.68. The maximum Gasteiger partial charge on any atom is 0.295 e. The Balaban J connectivity index is 2.17. The number of rotatable bonds is 10. The summed E-state index contributed by atoms with van der Waals surface area (Å²) >= 11 is 0. The maximum atomic E-state index is 13.3. The molecule has 0 spiro atoms. The van der Waals surface area contributed by atoms with E-state index in [-0.39, 0.29) is 17.3 Å². The number of hydrogen-bond acceptors (Lipinski definition) is 6. The molecule has 1 aliphatic heterocycles. The van der Waals surface area contributed by atoms with Gasteiger partial charge in [0.05, 0.1) is 25.3 Å². The summed E-state index contributed by atoms with van der Waals surface area (Å²) in [7, 11) is 5.43. The predicted molar refractivity (Wildman–Crippen MR) is 137 cm³/mol. The molecule has 1 atom stereocenters. The highest BCUT2D eigenvalue weighted by Gasteiger charge is 2.46. The van der Waals surface area contributed by atoms with E-state index in [2.05, 4.69) is 0 Å². The number of carbonyl (C=O) groups is 2. The zero-order chi connectivity index (χ0) is 25.7. The van der Waals surface area contributed by atoms with E-state index >= 15 is 0 Å². The topological polar surface area (TPSA) is 79.3 Å². The smallest absolute Gasteiger partial charge is 0.295 e. The van der Waals surface area contributed by atoms with Gasteiger partial charge in [-0.15, -0.1) is 0 Å². The van der Waals surface area contributed by atoms with Gasteiger partial charge < -0.3 is 24.4 Å². The highest BCUT2D eigenvalue weighted by Crippen LogP contribution is 2.41. The number of amides is 1. The standard InChI is InChI=1S/C28H36N2O5/c1-7-15-35-21-10-8-9-19(16-21)25-24(27(32)28(33)30(25)14-13-29(4)5)26(31)20-11-12-23(34-6)22(17-20)18(2)3/h8-12,16-18,25,31H,7,13-15H2,1-6H3/b26-24+. The molecule has 1 unspecified atom stereocenters. The van der Waals surface area contributed by atoms with Gasteiger partial charge >= 0.3 is 0 Å². The van der Waals surface area contributed by atoms with Crippen LogP contribution in [-0.2, 0) is 9.59 Å². The number of carbonyl (C=O) groups excluding carboxylic acids is 2. The number of methoxy groups -OCH3 is 1. The highest BCUT2D eigenvalue weighted by atomic mass is 16.5. The van der Waals surface area contributed by atoms with E-state index < -0.39 is 17.7 Å². The molecular weight excluding hydrogens is 444 g/mol. The van der Waals surface area contributed by atoms with Crippen LogP contribution in [0, 0.1) is 0 Å². The van der Waals surface area contributed by atoms with Crippen LogP contribution in [0.2, 0.25) is 0 Å². The fraction of sp³-hybridized carbons (Fsp3) is 0.429. The number of benzene rings is 2. The molecule has 0 aliphatic carbocycles. The van der Waals surface area contributed by atoms with Crippen molar-refractivity contribution < 1.29 is 24.2 Å². The number of ether oxygens (including phenoxy) is 2. The van der Waals surface area contributed by atoms with Gasteiger partial charge in [-0.3, -0.25) is 9.59 Å². The molecule has 1 heterocycles. The Morgan fingerprint density at radius 2 is 1.89 bits per heavy atom. The van der Waals surface area contributed by atoms with Crippen molar-refractivity contribution in [3.05, 3.63) is 64.7 Å². The molecule has 0 bridgehead atoms. The maximum absolute atomic E-state index is 13.3. The van der Waals surface area contributed by atoms with Crippen LogP contribution < -0.4 is 9.47 Å². The third-order valence-electron chi connectivity index (χ3n) is 6.10. The van der Waals surface area contributed by atoms with Crippen LogP contribution in [-0.4, -0.2) is 67.5 Å². The molecule has 2 aromatic carbocycles. The molecule has 1 amide bonds. The van der Waals surface area contributed by atoms with Crippen LogP contribution in [0.4, 0.5) is 0 Å². The van der Waals surface area contributed by atoms with Crippen LogP contribution in [0.1, 0.15) is 55.8 Å². The van der Waals surface area contributed by atoms with Gasteiger partial charge in [-0.25, -0.2) is 0 Å². The Bertz CT molecular complexity index is 1110. The summed E-state index contributed by atoms with van der Waals surface area (Å²) in [5, 5.41) is 11.4. The predicted octanol–water partition coefficient (Wildman–Crippen LogP) is 4.59. The second-order valence-corrected chi connectivity index (χ2v) is 9.33. The largest absolute Gasteiger partial charge is 0.507 e. The summed E-state index contributed by atoms with van der Waals surface area (Å²) < 4.78 is 11.3. The van der Waals surface area contributed by atoms with Crippen molar-refractivity contribution in [1.82, 2.24) is 9.80 Å². The van der Waals surface area contributed by atoms with Crippen LogP contribution in [0.15, 0.2) is 48.0 Å². The number of nitrogens with zero attached hydrogens (tertiary/aromatic N) is 2. The van der Waals surface area contributed by atoms with Crippen molar-refractivity contribution in [2.45, 2.75) is 39.2 Å². The average molecular weight is 481 g/mol. The van der Waals surface area contributed by atoms with E-state index in [1.54, 1.807) is 24.1 Å². The normalized spacial score (nSPS) is 17.5. The fourth-order valence-corrected chi connectivity index (χ4v) is 4.25. The molecule has 0 saturated carbocycles. The Hall–Kier alpha value is -3.32. The van der Waals surface area contributed by atoms with Crippen molar-refractivity contribution >= 4 is 17.4 Å². The first kappa shape index (κ1) is 26.3. The summed E-state index contributed by atoms with van der Waals surface area (Å²) in [6.07, 6.45) is 0.862. The summed E-state index contributed by atoms with van der Waals surface area (Å²) in [4.78, 5) is 29.9. The van der Waals surface area contributed by atoms with E-state index in [9.17, 15) is 14.7 Å². The van der Waals surface area contributed by atoms with Crippen molar-refractivity contribution in [3.63, 3.8) is 0 Å². The second-order valence-electron chi connectivity index (χ2n) is 9.33. The minimum atomic E-state index is -0.718. The SMILES string of the molecule is CCCOc1cccc(C2/C(=C(\O)c3ccc(OC)c(C(C)C)c3)C(=O)C(=O)N2CCN(C)C)c1. The van der Waals surface area contributed by atoms with Crippen molar-refractivity contribution in [1.29, 1.82) is 0 Å². The Kier molecular flexibility index (Phi) is 8.57. The van der Waals surface area contributed by atoms with Gasteiger partial charge in [0.15, 0.2) is 0 Å². The minimum Gasteiger partial charge on any atom is -0.507 e. The lowest BCUT2D eigenvalue weighted by atomic mass is 9.93. The number of aliphatic hydroxyl groups is 1. The number of aliphatic hydroxyl groups excluding tert-OH is 1. The van der Waals surface area contributed by atoms with Crippen molar-refractivity contribution in [2.24, 2.45) is 0 Å². The second kappa shape index (κ2) is 11.4. The van der Waals surface area contributed by atoms with E-state index in [1.165, 1.54) is 0 Å². The van der Waals surface area contributed by atoms with Crippen LogP contribution in [0.25, 0.3) is 5.76 Å². The summed E-state index contributed by atoms with van der Waals surface area (Å²) in [5.74, 6) is 0.0202. The summed E-state index contributed by atoms with van der Waals surface area (Å²) in [6.45, 7) is 7.58. The van der Waals surface area contributed by atoms with E-state index in [0.29, 0.717) is 36.8 Å². The Labute approximate surface area is 207 Å². The zero-order valence-electron chi connectivity index (χ0n) is 21.5. The molecule has 1 saturated heterocycles. The molecule has 7 heteroatoms. The lowest BCUT2D eigenvalue weighted by molar-refractivity contribution is -0.140. The summed E-state index contributed by atoms with van der Waals surface area (Å²) in [6, 6.07) is 12.0. The van der Waals surface area contributed by atoms with Crippen molar-refractivity contribution in [3.8, 4) is 11.5 Å². The van der Waals surface area contributed by atoms with Gasteiger partial charge in [0.2, 0.25) is 0 Å². The summed E-state index contributed by atoms with van der Waals surface area (Å²) in [5.41, 5.74) is 2.19. The Morgan fingerprint density at radius 3 is 2.51 bits per heavy atom. The van der Waals surface area contributed by atoms with Gasteiger partial charge in [-0.05, 0) is 67.9 Å². The van der Waals surface area contributed by atoms with Gasteiger partial charge in [0, 0.05) is 18.7 Å². The number of ketones is 1. The van der Waals surface area contributed by atoms with Gasteiger partial charge in [-0.2, -0.15) is 0 Å². The molecule has 1 N–H and O–H groups in total. The average Bonchev–Trinajstić information content (AvgIpc) is 3.10. The lowest BCUT2D eigenvalue weighted by Crippen LogP contribution is -2.35. The van der Waals surface area contributed by atoms with Gasteiger partial charge in [0.1, 0.15) is 17.3 Å². The number of likely N-dealkylation sites (N-methyl/N-ethyl adjacent to an activating group) is 1.